The Bertz CT molecular complexity index is 358. The van der Waals surface area contributed by atoms with Crippen molar-refractivity contribution in [2.45, 2.75) is 52.5 Å². The minimum absolute atomic E-state index is 0.0770. The van der Waals surface area contributed by atoms with Gasteiger partial charge >= 0.3 is 5.97 Å². The van der Waals surface area contributed by atoms with E-state index < -0.39 is 17.3 Å². The van der Waals surface area contributed by atoms with E-state index in [2.05, 4.69) is 5.32 Å². The Hall–Kier alpha value is -1.06. The van der Waals surface area contributed by atoms with E-state index in [-0.39, 0.29) is 17.9 Å². The Morgan fingerprint density at radius 3 is 2.22 bits per heavy atom. The number of amides is 1. The van der Waals surface area contributed by atoms with E-state index in [1.165, 1.54) is 25.7 Å². The summed E-state index contributed by atoms with van der Waals surface area (Å²) in [6.07, 6.45) is 4.85. The van der Waals surface area contributed by atoms with Crippen LogP contribution in [0.15, 0.2) is 0 Å². The van der Waals surface area contributed by atoms with Crippen LogP contribution < -0.4 is 5.32 Å². The summed E-state index contributed by atoms with van der Waals surface area (Å²) in [7, 11) is 0. The number of carbonyl (C=O) groups excluding carboxylic acids is 1. The highest BCUT2D eigenvalue weighted by molar-refractivity contribution is 5.91. The Morgan fingerprint density at radius 1 is 1.22 bits per heavy atom. The van der Waals surface area contributed by atoms with Gasteiger partial charge in [0.15, 0.2) is 0 Å². The summed E-state index contributed by atoms with van der Waals surface area (Å²) in [5.41, 5.74) is -0.398. The molecule has 2 saturated carbocycles. The minimum Gasteiger partial charge on any atom is -0.481 e. The van der Waals surface area contributed by atoms with Gasteiger partial charge in [-0.25, -0.2) is 0 Å². The van der Waals surface area contributed by atoms with Gasteiger partial charge in [-0.05, 0) is 31.1 Å². The van der Waals surface area contributed by atoms with E-state index in [1.807, 2.05) is 20.8 Å². The molecule has 0 spiro atoms. The summed E-state index contributed by atoms with van der Waals surface area (Å²) in [6, 6.07) is 0.172. The summed E-state index contributed by atoms with van der Waals surface area (Å²) in [4.78, 5) is 23.2. The Balaban J connectivity index is 1.91. The quantitative estimate of drug-likeness (QED) is 0.805. The molecule has 0 saturated heterocycles. The van der Waals surface area contributed by atoms with Gasteiger partial charge in [-0.2, -0.15) is 0 Å². The van der Waals surface area contributed by atoms with Crippen molar-refractivity contribution in [3.8, 4) is 0 Å². The predicted octanol–water partition coefficient (Wildman–Crippen LogP) is 2.04. The molecule has 1 amide bonds. The second kappa shape index (κ2) is 4.56. The van der Waals surface area contributed by atoms with Crippen LogP contribution in [0.2, 0.25) is 0 Å². The van der Waals surface area contributed by atoms with Crippen molar-refractivity contribution in [1.82, 2.24) is 5.32 Å². The molecule has 2 rings (SSSR count). The average molecular weight is 253 g/mol. The molecule has 0 aromatic heterocycles. The Morgan fingerprint density at radius 2 is 1.78 bits per heavy atom. The first-order chi connectivity index (χ1) is 8.35. The van der Waals surface area contributed by atoms with Gasteiger partial charge in [-0.15, -0.1) is 0 Å². The molecule has 0 bridgehead atoms. The highest BCUT2D eigenvalue weighted by Crippen LogP contribution is 2.58. The molecule has 0 aromatic carbocycles. The molecule has 3 atom stereocenters. The number of hydrogen-bond donors (Lipinski definition) is 2. The fourth-order valence-electron chi connectivity index (χ4n) is 3.48. The van der Waals surface area contributed by atoms with Crippen molar-refractivity contribution in [2.75, 3.05) is 0 Å². The van der Waals surface area contributed by atoms with Crippen molar-refractivity contribution in [3.05, 3.63) is 0 Å². The summed E-state index contributed by atoms with van der Waals surface area (Å²) in [6.45, 7) is 5.76. The molecule has 18 heavy (non-hydrogen) atoms. The van der Waals surface area contributed by atoms with E-state index in [1.54, 1.807) is 0 Å². The number of carbonyl (C=O) groups is 2. The van der Waals surface area contributed by atoms with Crippen LogP contribution in [0, 0.1) is 23.2 Å². The summed E-state index contributed by atoms with van der Waals surface area (Å²) in [5, 5.41) is 12.1. The zero-order valence-electron chi connectivity index (χ0n) is 11.4. The molecule has 2 aliphatic rings. The van der Waals surface area contributed by atoms with Crippen LogP contribution in [0.1, 0.15) is 46.5 Å². The van der Waals surface area contributed by atoms with Crippen LogP contribution in [0.4, 0.5) is 0 Å². The first-order valence-corrected chi connectivity index (χ1v) is 6.89. The minimum atomic E-state index is -0.853. The third kappa shape index (κ3) is 2.25. The monoisotopic (exact) mass is 253 g/mol. The molecule has 0 aliphatic heterocycles. The van der Waals surface area contributed by atoms with Gasteiger partial charge in [0.1, 0.15) is 0 Å². The van der Waals surface area contributed by atoms with Crippen LogP contribution in [0.25, 0.3) is 0 Å². The standard InChI is InChI=1S/C14H23NO3/c1-8(9-6-4-5-7-9)15-12(16)10-11(13(17)18)14(10,2)3/h8-11H,4-7H2,1-3H3,(H,15,16)(H,17,18)/t8?,10-,11+/m1/s1. The van der Waals surface area contributed by atoms with Crippen molar-refractivity contribution >= 4 is 11.9 Å². The number of nitrogens with one attached hydrogen (secondary N) is 1. The fraction of sp³-hybridized carbons (Fsp3) is 0.857. The number of carboxylic acids is 1. The number of rotatable bonds is 4. The molecular weight excluding hydrogens is 230 g/mol. The third-order valence-electron chi connectivity index (χ3n) is 4.85. The highest BCUT2D eigenvalue weighted by atomic mass is 16.4. The van der Waals surface area contributed by atoms with Crippen LogP contribution in [-0.4, -0.2) is 23.0 Å². The van der Waals surface area contributed by atoms with Crippen LogP contribution in [-0.2, 0) is 9.59 Å². The van der Waals surface area contributed by atoms with Gasteiger partial charge in [0, 0.05) is 6.04 Å². The van der Waals surface area contributed by atoms with Gasteiger partial charge in [-0.3, -0.25) is 9.59 Å². The van der Waals surface area contributed by atoms with E-state index >= 15 is 0 Å². The topological polar surface area (TPSA) is 66.4 Å². The first kappa shape index (κ1) is 13.4. The third-order valence-corrected chi connectivity index (χ3v) is 4.85. The molecular formula is C14H23NO3. The van der Waals surface area contributed by atoms with E-state index in [9.17, 15) is 9.59 Å². The SMILES string of the molecule is CC(NC(=O)[C@H]1[C@@H](C(=O)O)C1(C)C)C1CCCC1. The average Bonchev–Trinajstić information content (AvgIpc) is 2.67. The molecule has 2 fully saturated rings. The van der Waals surface area contributed by atoms with Gasteiger partial charge in [0.25, 0.3) is 0 Å². The lowest BCUT2D eigenvalue weighted by molar-refractivity contribution is -0.140. The molecule has 0 radical (unpaired) electrons. The second-order valence-electron chi connectivity index (χ2n) is 6.46. The lowest BCUT2D eigenvalue weighted by atomic mass is 9.99. The van der Waals surface area contributed by atoms with E-state index in [4.69, 9.17) is 5.11 Å². The molecule has 102 valence electrons. The second-order valence-corrected chi connectivity index (χ2v) is 6.46. The van der Waals surface area contributed by atoms with Crippen molar-refractivity contribution in [1.29, 1.82) is 0 Å². The van der Waals surface area contributed by atoms with Crippen LogP contribution in [0.5, 0.6) is 0 Å². The molecule has 4 heteroatoms. The largest absolute Gasteiger partial charge is 0.481 e. The van der Waals surface area contributed by atoms with Crippen molar-refractivity contribution < 1.29 is 14.7 Å². The zero-order valence-corrected chi connectivity index (χ0v) is 11.4. The van der Waals surface area contributed by atoms with Crippen molar-refractivity contribution in [2.24, 2.45) is 23.2 Å². The van der Waals surface area contributed by atoms with E-state index in [0.29, 0.717) is 5.92 Å². The number of hydrogen-bond acceptors (Lipinski definition) is 2. The summed E-state index contributed by atoms with van der Waals surface area (Å²) >= 11 is 0. The smallest absolute Gasteiger partial charge is 0.307 e. The summed E-state index contributed by atoms with van der Waals surface area (Å²) < 4.78 is 0. The van der Waals surface area contributed by atoms with Crippen LogP contribution in [0.3, 0.4) is 0 Å². The van der Waals surface area contributed by atoms with Crippen molar-refractivity contribution in [3.63, 3.8) is 0 Å². The molecule has 0 heterocycles. The van der Waals surface area contributed by atoms with Crippen LogP contribution >= 0.6 is 0 Å². The highest BCUT2D eigenvalue weighted by Gasteiger charge is 2.65. The maximum absolute atomic E-state index is 12.1. The Kier molecular flexibility index (Phi) is 3.39. The first-order valence-electron chi connectivity index (χ1n) is 6.89. The predicted molar refractivity (Wildman–Crippen MR) is 68.0 cm³/mol. The van der Waals surface area contributed by atoms with E-state index in [0.717, 1.165) is 0 Å². The lowest BCUT2D eigenvalue weighted by Crippen LogP contribution is -2.39. The van der Waals surface area contributed by atoms with Gasteiger partial charge in [-0.1, -0.05) is 26.7 Å². The molecule has 1 unspecified atom stereocenters. The molecule has 4 nitrogen and oxygen atoms in total. The maximum atomic E-state index is 12.1. The molecule has 2 aliphatic carbocycles. The number of carboxylic acid groups (broad SMARTS) is 1. The van der Waals surface area contributed by atoms with Gasteiger partial charge in [0.2, 0.25) is 5.91 Å². The van der Waals surface area contributed by atoms with Gasteiger partial charge < -0.3 is 10.4 Å². The Labute approximate surface area is 108 Å². The fourth-order valence-corrected chi connectivity index (χ4v) is 3.48. The summed E-state index contributed by atoms with van der Waals surface area (Å²) in [5.74, 6) is -1.24. The maximum Gasteiger partial charge on any atom is 0.307 e. The molecule has 2 N–H and O–H groups in total. The number of aliphatic carboxylic acids is 1. The normalized spacial score (nSPS) is 31.9. The zero-order chi connectivity index (χ0) is 13.5. The van der Waals surface area contributed by atoms with Gasteiger partial charge in [0.05, 0.1) is 11.8 Å². The molecule has 0 aromatic rings. The lowest BCUT2D eigenvalue weighted by Gasteiger charge is -2.20.